The Kier molecular flexibility index (Phi) is 9.27. The quantitative estimate of drug-likeness (QED) is 0.453. The number of benzene rings is 3. The van der Waals surface area contributed by atoms with Gasteiger partial charge in [-0.3, -0.25) is 9.59 Å². The third-order valence-electron chi connectivity index (χ3n) is 5.78. The molecule has 3 rings (SSSR count). The molecule has 34 heavy (non-hydrogen) atoms. The molecule has 0 unspecified atom stereocenters. The van der Waals surface area contributed by atoms with E-state index in [1.54, 1.807) is 12.0 Å². The van der Waals surface area contributed by atoms with Crippen molar-refractivity contribution in [1.29, 1.82) is 0 Å². The van der Waals surface area contributed by atoms with Crippen LogP contribution in [0.5, 0.6) is 5.75 Å². The molecule has 2 amide bonds. The van der Waals surface area contributed by atoms with Crippen molar-refractivity contribution in [3.05, 3.63) is 101 Å². The van der Waals surface area contributed by atoms with E-state index in [1.807, 2.05) is 92.7 Å². The van der Waals surface area contributed by atoms with Gasteiger partial charge in [-0.1, -0.05) is 79.2 Å². The third kappa shape index (κ3) is 7.20. The molecule has 0 heterocycles. The van der Waals surface area contributed by atoms with Gasteiger partial charge in [-0.05, 0) is 42.2 Å². The molecular weight excluding hydrogens is 424 g/mol. The molecule has 0 aliphatic carbocycles. The minimum Gasteiger partial charge on any atom is -0.497 e. The molecular formula is C29H34N2O3. The molecule has 5 heteroatoms. The monoisotopic (exact) mass is 458 g/mol. The van der Waals surface area contributed by atoms with Gasteiger partial charge >= 0.3 is 0 Å². The third-order valence-corrected chi connectivity index (χ3v) is 5.78. The summed E-state index contributed by atoms with van der Waals surface area (Å²) in [5, 5.41) is 3.01. The molecule has 1 N–H and O–H groups in total. The first-order chi connectivity index (χ1) is 16.5. The van der Waals surface area contributed by atoms with Crippen LogP contribution in [0.4, 0.5) is 0 Å². The molecule has 0 aromatic heterocycles. The summed E-state index contributed by atoms with van der Waals surface area (Å²) in [6.45, 7) is 4.93. The van der Waals surface area contributed by atoms with E-state index in [2.05, 4.69) is 5.32 Å². The highest BCUT2D eigenvalue weighted by Crippen LogP contribution is 2.19. The first-order valence-electron chi connectivity index (χ1n) is 11.8. The van der Waals surface area contributed by atoms with Crippen molar-refractivity contribution in [2.75, 3.05) is 13.7 Å². The van der Waals surface area contributed by atoms with Crippen LogP contribution in [0.1, 0.15) is 35.6 Å². The molecule has 0 fully saturated rings. The van der Waals surface area contributed by atoms with Gasteiger partial charge in [0.2, 0.25) is 11.8 Å². The molecule has 0 aliphatic rings. The summed E-state index contributed by atoms with van der Waals surface area (Å²) in [6, 6.07) is 24.8. The number of methoxy groups -OCH3 is 1. The van der Waals surface area contributed by atoms with Crippen molar-refractivity contribution in [3.63, 3.8) is 0 Å². The van der Waals surface area contributed by atoms with Crippen LogP contribution >= 0.6 is 0 Å². The van der Waals surface area contributed by atoms with E-state index in [0.29, 0.717) is 19.5 Å². The number of rotatable bonds is 11. The van der Waals surface area contributed by atoms with Crippen LogP contribution in [-0.2, 0) is 29.0 Å². The van der Waals surface area contributed by atoms with E-state index >= 15 is 0 Å². The Hall–Kier alpha value is -3.60. The summed E-state index contributed by atoms with van der Waals surface area (Å²) in [6.07, 6.45) is 1.51. The Labute approximate surface area is 202 Å². The van der Waals surface area contributed by atoms with Gasteiger partial charge in [-0.2, -0.15) is 0 Å². The summed E-state index contributed by atoms with van der Waals surface area (Å²) >= 11 is 0. The minimum atomic E-state index is -0.627. The predicted octanol–water partition coefficient (Wildman–Crippen LogP) is 4.71. The van der Waals surface area contributed by atoms with Gasteiger partial charge in [0.25, 0.3) is 0 Å². The Morgan fingerprint density at radius 2 is 1.62 bits per heavy atom. The van der Waals surface area contributed by atoms with Crippen LogP contribution < -0.4 is 10.1 Å². The average molecular weight is 459 g/mol. The van der Waals surface area contributed by atoms with Crippen LogP contribution in [-0.4, -0.2) is 36.4 Å². The number of ether oxygens (including phenoxy) is 1. The molecule has 1 atom stereocenters. The summed E-state index contributed by atoms with van der Waals surface area (Å²) < 4.78 is 5.38. The zero-order valence-electron chi connectivity index (χ0n) is 20.3. The fraction of sp³-hybridized carbons (Fsp3) is 0.310. The lowest BCUT2D eigenvalue weighted by Gasteiger charge is -2.32. The molecule has 0 radical (unpaired) electrons. The second-order valence-corrected chi connectivity index (χ2v) is 8.53. The number of amides is 2. The molecule has 3 aromatic carbocycles. The Balaban J connectivity index is 1.95. The van der Waals surface area contributed by atoms with E-state index < -0.39 is 6.04 Å². The number of aryl methyl sites for hydroxylation is 1. The summed E-state index contributed by atoms with van der Waals surface area (Å²) in [5.74, 6) is 0.503. The van der Waals surface area contributed by atoms with E-state index in [0.717, 1.165) is 34.4 Å². The summed E-state index contributed by atoms with van der Waals surface area (Å²) in [4.78, 5) is 28.7. The van der Waals surface area contributed by atoms with E-state index in [-0.39, 0.29) is 18.2 Å². The minimum absolute atomic E-state index is 0.0840. The lowest BCUT2D eigenvalue weighted by Crippen LogP contribution is -2.51. The van der Waals surface area contributed by atoms with Gasteiger partial charge in [0.05, 0.1) is 13.5 Å². The highest BCUT2D eigenvalue weighted by molar-refractivity contribution is 5.88. The van der Waals surface area contributed by atoms with E-state index in [4.69, 9.17) is 4.74 Å². The topological polar surface area (TPSA) is 58.6 Å². The largest absolute Gasteiger partial charge is 0.497 e. The van der Waals surface area contributed by atoms with E-state index in [1.165, 1.54) is 0 Å². The predicted molar refractivity (Wildman–Crippen MR) is 136 cm³/mol. The Morgan fingerprint density at radius 3 is 2.29 bits per heavy atom. The van der Waals surface area contributed by atoms with Crippen molar-refractivity contribution in [2.24, 2.45) is 0 Å². The zero-order chi connectivity index (χ0) is 24.3. The van der Waals surface area contributed by atoms with Gasteiger partial charge in [-0.15, -0.1) is 0 Å². The van der Waals surface area contributed by atoms with Crippen molar-refractivity contribution < 1.29 is 14.3 Å². The maximum Gasteiger partial charge on any atom is 0.243 e. The molecule has 5 nitrogen and oxygen atoms in total. The number of carbonyl (C=O) groups excluding carboxylic acids is 2. The van der Waals surface area contributed by atoms with Gasteiger partial charge in [0, 0.05) is 19.5 Å². The van der Waals surface area contributed by atoms with Crippen molar-refractivity contribution in [2.45, 2.75) is 45.7 Å². The van der Waals surface area contributed by atoms with Crippen LogP contribution in [0.25, 0.3) is 0 Å². The Morgan fingerprint density at radius 1 is 0.912 bits per heavy atom. The van der Waals surface area contributed by atoms with Crippen LogP contribution in [0.3, 0.4) is 0 Å². The number of hydrogen-bond donors (Lipinski definition) is 1. The first-order valence-corrected chi connectivity index (χ1v) is 11.8. The highest BCUT2D eigenvalue weighted by atomic mass is 16.5. The first kappa shape index (κ1) is 25.0. The van der Waals surface area contributed by atoms with Gasteiger partial charge in [0.1, 0.15) is 11.8 Å². The van der Waals surface area contributed by atoms with Crippen molar-refractivity contribution >= 4 is 11.8 Å². The van der Waals surface area contributed by atoms with Gasteiger partial charge in [0.15, 0.2) is 0 Å². The molecule has 0 bridgehead atoms. The molecule has 178 valence electrons. The summed E-state index contributed by atoms with van der Waals surface area (Å²) in [7, 11) is 1.62. The standard InChI is InChI=1S/C29H34N2O3/c1-4-17-30-29(33)27(19-23-9-6-5-7-10-23)31(21-25-11-8-12-26(18-25)34-3)28(32)20-24-15-13-22(2)14-16-24/h5-16,18,27H,4,17,19-21H2,1-3H3,(H,30,33)/t27-/m1/s1. The van der Waals surface area contributed by atoms with Crippen LogP contribution in [0.2, 0.25) is 0 Å². The Bertz CT molecular complexity index is 1060. The van der Waals surface area contributed by atoms with Crippen molar-refractivity contribution in [3.8, 4) is 5.75 Å². The fourth-order valence-electron chi connectivity index (χ4n) is 3.87. The molecule has 0 saturated carbocycles. The van der Waals surface area contributed by atoms with Crippen molar-refractivity contribution in [1.82, 2.24) is 10.2 Å². The lowest BCUT2D eigenvalue weighted by molar-refractivity contribution is -0.140. The molecule has 3 aromatic rings. The molecule has 0 saturated heterocycles. The summed E-state index contributed by atoms with van der Waals surface area (Å²) in [5.41, 5.74) is 4.00. The number of nitrogens with one attached hydrogen (secondary N) is 1. The zero-order valence-corrected chi connectivity index (χ0v) is 20.3. The maximum absolute atomic E-state index is 13.7. The average Bonchev–Trinajstić information content (AvgIpc) is 2.86. The smallest absolute Gasteiger partial charge is 0.243 e. The van der Waals surface area contributed by atoms with Gasteiger partial charge < -0.3 is 15.0 Å². The molecule has 0 aliphatic heterocycles. The number of carbonyl (C=O) groups is 2. The van der Waals surface area contributed by atoms with E-state index in [9.17, 15) is 9.59 Å². The normalized spacial score (nSPS) is 11.5. The van der Waals surface area contributed by atoms with Gasteiger partial charge in [-0.25, -0.2) is 0 Å². The molecule has 0 spiro atoms. The number of nitrogens with zero attached hydrogens (tertiary/aromatic N) is 1. The maximum atomic E-state index is 13.7. The number of hydrogen-bond acceptors (Lipinski definition) is 3. The van der Waals surface area contributed by atoms with Crippen LogP contribution in [0.15, 0.2) is 78.9 Å². The SMILES string of the molecule is CCCNC(=O)[C@@H](Cc1ccccc1)N(Cc1cccc(OC)c1)C(=O)Cc1ccc(C)cc1. The van der Waals surface area contributed by atoms with Crippen LogP contribution in [0, 0.1) is 6.92 Å². The second-order valence-electron chi connectivity index (χ2n) is 8.53. The lowest BCUT2D eigenvalue weighted by atomic mass is 10.0. The highest BCUT2D eigenvalue weighted by Gasteiger charge is 2.30. The second kappa shape index (κ2) is 12.6. The fourth-order valence-corrected chi connectivity index (χ4v) is 3.87.